The lowest BCUT2D eigenvalue weighted by atomic mass is 9.95. The van der Waals surface area contributed by atoms with E-state index in [4.69, 9.17) is 28.9 Å². The summed E-state index contributed by atoms with van der Waals surface area (Å²) < 4.78 is 27.2. The maximum absolute atomic E-state index is 12.3. The molecule has 1 aromatic rings. The van der Waals surface area contributed by atoms with E-state index >= 15 is 0 Å². The fraction of sp³-hybridized carbons (Fsp3) is 0.538. The Balaban J connectivity index is 2.95. The first-order valence-electron chi connectivity index (χ1n) is 6.42. The molecule has 0 aliphatic heterocycles. The zero-order chi connectivity index (χ0) is 15.4. The third-order valence-corrected chi connectivity index (χ3v) is 5.29. The number of rotatable bonds is 7. The van der Waals surface area contributed by atoms with Crippen molar-refractivity contribution < 1.29 is 8.42 Å². The van der Waals surface area contributed by atoms with Crippen LogP contribution in [0.25, 0.3) is 0 Å². The molecule has 0 fully saturated rings. The molecule has 20 heavy (non-hydrogen) atoms. The van der Waals surface area contributed by atoms with Crippen molar-refractivity contribution in [3.63, 3.8) is 0 Å². The highest BCUT2D eigenvalue weighted by Crippen LogP contribution is 2.22. The highest BCUT2D eigenvalue weighted by atomic mass is 35.5. The van der Waals surface area contributed by atoms with E-state index in [0.717, 1.165) is 0 Å². The molecule has 1 aromatic carbocycles. The van der Waals surface area contributed by atoms with Crippen molar-refractivity contribution in [1.82, 2.24) is 4.72 Å². The lowest BCUT2D eigenvalue weighted by Crippen LogP contribution is -2.53. The summed E-state index contributed by atoms with van der Waals surface area (Å²) in [5, 5.41) is 0.831. The van der Waals surface area contributed by atoms with Crippen molar-refractivity contribution in [3.05, 3.63) is 33.8 Å². The molecule has 0 spiro atoms. The lowest BCUT2D eigenvalue weighted by Gasteiger charge is -2.31. The van der Waals surface area contributed by atoms with Crippen molar-refractivity contribution in [2.45, 2.75) is 38.0 Å². The Morgan fingerprint density at radius 1 is 1.15 bits per heavy atom. The Morgan fingerprint density at radius 3 is 2.05 bits per heavy atom. The van der Waals surface area contributed by atoms with E-state index in [0.29, 0.717) is 28.5 Å². The lowest BCUT2D eigenvalue weighted by molar-refractivity contribution is 0.363. The van der Waals surface area contributed by atoms with E-state index in [1.54, 1.807) is 18.2 Å². The second-order valence-corrected chi connectivity index (χ2v) is 7.43. The van der Waals surface area contributed by atoms with Crippen LogP contribution in [-0.4, -0.2) is 20.5 Å². The molecule has 0 radical (unpaired) electrons. The summed E-state index contributed by atoms with van der Waals surface area (Å²) in [6.07, 6.45) is 1.27. The largest absolute Gasteiger partial charge is 0.329 e. The van der Waals surface area contributed by atoms with E-state index in [1.807, 2.05) is 13.8 Å². The highest BCUT2D eigenvalue weighted by Gasteiger charge is 2.29. The van der Waals surface area contributed by atoms with Crippen LogP contribution in [0, 0.1) is 0 Å². The standard InChI is InChI=1S/C13H20Cl2N2O2S/c1-3-13(4-2,9-16)17-20(18,19)8-10-5-11(14)7-12(15)6-10/h5-7,17H,3-4,8-9,16H2,1-2H3. The van der Waals surface area contributed by atoms with E-state index in [-0.39, 0.29) is 12.3 Å². The minimum atomic E-state index is -3.51. The van der Waals surface area contributed by atoms with Gasteiger partial charge in [-0.05, 0) is 36.6 Å². The van der Waals surface area contributed by atoms with Crippen LogP contribution >= 0.6 is 23.2 Å². The van der Waals surface area contributed by atoms with E-state index in [2.05, 4.69) is 4.72 Å². The highest BCUT2D eigenvalue weighted by molar-refractivity contribution is 7.88. The average Bonchev–Trinajstić information content (AvgIpc) is 2.34. The van der Waals surface area contributed by atoms with Crippen LogP contribution in [0.2, 0.25) is 10.0 Å². The number of nitrogens with two attached hydrogens (primary N) is 1. The first-order valence-corrected chi connectivity index (χ1v) is 8.83. The number of hydrogen-bond acceptors (Lipinski definition) is 3. The molecule has 0 saturated carbocycles. The van der Waals surface area contributed by atoms with Gasteiger partial charge in [0.15, 0.2) is 0 Å². The van der Waals surface area contributed by atoms with Gasteiger partial charge in [-0.25, -0.2) is 13.1 Å². The van der Waals surface area contributed by atoms with Gasteiger partial charge in [0.25, 0.3) is 0 Å². The molecule has 4 nitrogen and oxygen atoms in total. The third-order valence-electron chi connectivity index (χ3n) is 3.40. The smallest absolute Gasteiger partial charge is 0.216 e. The second-order valence-electron chi connectivity index (χ2n) is 4.83. The Kier molecular flexibility index (Phi) is 6.28. The van der Waals surface area contributed by atoms with E-state index in [9.17, 15) is 8.42 Å². The maximum Gasteiger partial charge on any atom is 0.216 e. The molecule has 0 unspecified atom stereocenters. The molecular weight excluding hydrogens is 319 g/mol. The Bertz CT molecular complexity index is 529. The molecule has 0 aromatic heterocycles. The molecule has 0 bridgehead atoms. The average molecular weight is 339 g/mol. The Labute approximate surface area is 130 Å². The van der Waals surface area contributed by atoms with Crippen LogP contribution in [0.4, 0.5) is 0 Å². The minimum Gasteiger partial charge on any atom is -0.329 e. The zero-order valence-corrected chi connectivity index (χ0v) is 13.9. The molecular formula is C13H20Cl2N2O2S. The zero-order valence-electron chi connectivity index (χ0n) is 11.6. The molecule has 3 N–H and O–H groups in total. The number of sulfonamides is 1. The summed E-state index contributed by atoms with van der Waals surface area (Å²) in [5.74, 6) is -0.172. The molecule has 0 amide bonds. The van der Waals surface area contributed by atoms with Crippen molar-refractivity contribution in [2.75, 3.05) is 6.54 Å². The summed E-state index contributed by atoms with van der Waals surface area (Å²) in [6.45, 7) is 4.08. The summed E-state index contributed by atoms with van der Waals surface area (Å²) in [6, 6.07) is 4.75. The van der Waals surface area contributed by atoms with E-state index in [1.165, 1.54) is 0 Å². The van der Waals surface area contributed by atoms with Crippen LogP contribution in [0.5, 0.6) is 0 Å². The molecule has 0 atom stereocenters. The van der Waals surface area contributed by atoms with Crippen molar-refractivity contribution in [2.24, 2.45) is 5.73 Å². The number of hydrogen-bond donors (Lipinski definition) is 2. The van der Waals surface area contributed by atoms with Crippen LogP contribution in [0.1, 0.15) is 32.3 Å². The van der Waals surface area contributed by atoms with Gasteiger partial charge in [0.1, 0.15) is 0 Å². The number of halogens is 2. The molecule has 0 aliphatic carbocycles. The number of nitrogens with one attached hydrogen (secondary N) is 1. The minimum absolute atomic E-state index is 0.172. The van der Waals surface area contributed by atoms with Gasteiger partial charge in [0.05, 0.1) is 5.75 Å². The Hall–Kier alpha value is -0.330. The molecule has 7 heteroatoms. The van der Waals surface area contributed by atoms with Crippen LogP contribution in [-0.2, 0) is 15.8 Å². The van der Waals surface area contributed by atoms with Gasteiger partial charge in [0.2, 0.25) is 10.0 Å². The number of benzene rings is 1. The van der Waals surface area contributed by atoms with Gasteiger partial charge < -0.3 is 5.73 Å². The summed E-state index contributed by atoms with van der Waals surface area (Å²) in [4.78, 5) is 0. The monoisotopic (exact) mass is 338 g/mol. The normalized spacial score (nSPS) is 12.7. The first kappa shape index (κ1) is 17.7. The first-order chi connectivity index (χ1) is 9.26. The van der Waals surface area contributed by atoms with E-state index < -0.39 is 15.6 Å². The fourth-order valence-electron chi connectivity index (χ4n) is 2.00. The summed E-state index contributed by atoms with van der Waals surface area (Å²) in [7, 11) is -3.51. The van der Waals surface area contributed by atoms with Gasteiger partial charge in [0, 0.05) is 22.1 Å². The molecule has 1 rings (SSSR count). The molecule has 114 valence electrons. The topological polar surface area (TPSA) is 72.2 Å². The Morgan fingerprint density at radius 2 is 1.65 bits per heavy atom. The van der Waals surface area contributed by atoms with Crippen LogP contribution in [0.15, 0.2) is 18.2 Å². The second kappa shape index (κ2) is 7.09. The van der Waals surface area contributed by atoms with Crippen LogP contribution in [0.3, 0.4) is 0 Å². The van der Waals surface area contributed by atoms with Crippen molar-refractivity contribution in [1.29, 1.82) is 0 Å². The SMILES string of the molecule is CCC(CC)(CN)NS(=O)(=O)Cc1cc(Cl)cc(Cl)c1. The molecule has 0 saturated heterocycles. The van der Waals surface area contributed by atoms with Crippen molar-refractivity contribution >= 4 is 33.2 Å². The van der Waals surface area contributed by atoms with Gasteiger partial charge in [-0.15, -0.1) is 0 Å². The van der Waals surface area contributed by atoms with Gasteiger partial charge >= 0.3 is 0 Å². The summed E-state index contributed by atoms with van der Waals surface area (Å²) >= 11 is 11.7. The quantitative estimate of drug-likeness (QED) is 0.802. The van der Waals surface area contributed by atoms with Gasteiger partial charge in [-0.1, -0.05) is 37.0 Å². The molecule has 0 aliphatic rings. The predicted octanol–water partition coefficient (Wildman–Crippen LogP) is 2.93. The third kappa shape index (κ3) is 4.90. The summed E-state index contributed by atoms with van der Waals surface area (Å²) in [5.41, 5.74) is 5.66. The molecule has 0 heterocycles. The predicted molar refractivity (Wildman–Crippen MR) is 84.6 cm³/mol. The van der Waals surface area contributed by atoms with Crippen molar-refractivity contribution in [3.8, 4) is 0 Å². The van der Waals surface area contributed by atoms with Crippen LogP contribution < -0.4 is 10.5 Å². The fourth-order valence-corrected chi connectivity index (χ4v) is 4.28. The van der Waals surface area contributed by atoms with Gasteiger partial charge in [-0.3, -0.25) is 0 Å². The maximum atomic E-state index is 12.3. The van der Waals surface area contributed by atoms with Gasteiger partial charge in [-0.2, -0.15) is 0 Å².